The molecule has 0 fully saturated rings. The monoisotopic (exact) mass is 279 g/mol. The predicted octanol–water partition coefficient (Wildman–Crippen LogP) is 3.58. The Bertz CT molecular complexity index is 490. The Balaban J connectivity index is 2.62. The van der Waals surface area contributed by atoms with E-state index in [0.29, 0.717) is 16.7 Å². The maximum Gasteiger partial charge on any atom is 0.455 e. The number of nitrogens with zero attached hydrogens (tertiary/aromatic N) is 1. The van der Waals surface area contributed by atoms with E-state index in [-0.39, 0.29) is 6.61 Å². The summed E-state index contributed by atoms with van der Waals surface area (Å²) in [4.78, 5) is 0. The van der Waals surface area contributed by atoms with E-state index in [1.54, 1.807) is 6.92 Å². The minimum atomic E-state index is -5.62. The van der Waals surface area contributed by atoms with Gasteiger partial charge in [0.15, 0.2) is 0 Å². The molecule has 1 rings (SSSR count). The molecule has 0 aliphatic rings. The molecule has 0 saturated carbocycles. The lowest BCUT2D eigenvalue weighted by molar-refractivity contribution is -0.297. The van der Waals surface area contributed by atoms with Crippen LogP contribution in [0.2, 0.25) is 0 Å². The number of ether oxygens (including phenoxy) is 1. The van der Waals surface area contributed by atoms with Gasteiger partial charge in [-0.25, -0.2) is 0 Å². The Morgan fingerprint density at radius 1 is 1.21 bits per heavy atom. The standard InChI is InChI=1S/C12H10F5NO/c1-8-4-9(5-18)2-3-10(8)6-19-7-11(13,14)12(15,16)17/h2-4H,6-7H2,1H3. The third kappa shape index (κ3) is 3.89. The van der Waals surface area contributed by atoms with Crippen molar-refractivity contribution in [3.63, 3.8) is 0 Å². The highest BCUT2D eigenvalue weighted by Gasteiger charge is 2.57. The van der Waals surface area contributed by atoms with Gasteiger partial charge in [-0.05, 0) is 30.2 Å². The second-order valence-corrected chi connectivity index (χ2v) is 3.95. The number of alkyl halides is 5. The van der Waals surface area contributed by atoms with Crippen LogP contribution in [0, 0.1) is 18.3 Å². The van der Waals surface area contributed by atoms with Crippen LogP contribution in [0.25, 0.3) is 0 Å². The average molecular weight is 279 g/mol. The predicted molar refractivity (Wildman–Crippen MR) is 56.6 cm³/mol. The van der Waals surface area contributed by atoms with Crippen LogP contribution in [-0.2, 0) is 11.3 Å². The fraction of sp³-hybridized carbons (Fsp3) is 0.417. The van der Waals surface area contributed by atoms with Crippen molar-refractivity contribution in [1.82, 2.24) is 0 Å². The van der Waals surface area contributed by atoms with Crippen LogP contribution in [0.5, 0.6) is 0 Å². The zero-order valence-electron chi connectivity index (χ0n) is 9.89. The van der Waals surface area contributed by atoms with Crippen LogP contribution >= 0.6 is 0 Å². The van der Waals surface area contributed by atoms with Gasteiger partial charge in [-0.15, -0.1) is 0 Å². The first-order chi connectivity index (χ1) is 8.67. The number of nitriles is 1. The van der Waals surface area contributed by atoms with E-state index in [0.717, 1.165) is 0 Å². The number of hydrogen-bond acceptors (Lipinski definition) is 2. The van der Waals surface area contributed by atoms with Gasteiger partial charge in [-0.3, -0.25) is 0 Å². The molecule has 19 heavy (non-hydrogen) atoms. The van der Waals surface area contributed by atoms with E-state index >= 15 is 0 Å². The first-order valence-corrected chi connectivity index (χ1v) is 5.19. The molecule has 0 unspecified atom stereocenters. The van der Waals surface area contributed by atoms with Crippen LogP contribution < -0.4 is 0 Å². The lowest BCUT2D eigenvalue weighted by atomic mass is 10.1. The molecule has 0 heterocycles. The Hall–Kier alpha value is -1.68. The summed E-state index contributed by atoms with van der Waals surface area (Å²) >= 11 is 0. The summed E-state index contributed by atoms with van der Waals surface area (Å²) in [6, 6.07) is 6.28. The SMILES string of the molecule is Cc1cc(C#N)ccc1COCC(F)(F)C(F)(F)F. The van der Waals surface area contributed by atoms with Crippen molar-refractivity contribution in [3.8, 4) is 6.07 Å². The highest BCUT2D eigenvalue weighted by Crippen LogP contribution is 2.35. The Morgan fingerprint density at radius 2 is 1.84 bits per heavy atom. The molecule has 0 bridgehead atoms. The third-order valence-electron chi connectivity index (χ3n) is 2.43. The summed E-state index contributed by atoms with van der Waals surface area (Å²) in [7, 11) is 0. The van der Waals surface area contributed by atoms with Crippen molar-refractivity contribution >= 4 is 0 Å². The number of benzene rings is 1. The zero-order valence-corrected chi connectivity index (χ0v) is 9.89. The van der Waals surface area contributed by atoms with Crippen LogP contribution in [-0.4, -0.2) is 18.7 Å². The fourth-order valence-electron chi connectivity index (χ4n) is 1.30. The molecular weight excluding hydrogens is 269 g/mol. The Morgan fingerprint density at radius 3 is 2.32 bits per heavy atom. The molecule has 0 aromatic heterocycles. The highest BCUT2D eigenvalue weighted by atomic mass is 19.4. The van der Waals surface area contributed by atoms with Gasteiger partial charge in [0.1, 0.15) is 6.61 Å². The van der Waals surface area contributed by atoms with E-state index in [4.69, 9.17) is 5.26 Å². The van der Waals surface area contributed by atoms with Crippen molar-refractivity contribution in [2.45, 2.75) is 25.6 Å². The van der Waals surface area contributed by atoms with Crippen molar-refractivity contribution in [3.05, 3.63) is 34.9 Å². The summed E-state index contributed by atoms with van der Waals surface area (Å²) in [6.45, 7) is -0.486. The van der Waals surface area contributed by atoms with Crippen molar-refractivity contribution < 1.29 is 26.7 Å². The number of aryl methyl sites for hydroxylation is 1. The largest absolute Gasteiger partial charge is 0.455 e. The van der Waals surface area contributed by atoms with Crippen LogP contribution in [0.1, 0.15) is 16.7 Å². The van der Waals surface area contributed by atoms with Gasteiger partial charge in [0.25, 0.3) is 0 Å². The molecular formula is C12H10F5NO. The summed E-state index contributed by atoms with van der Waals surface area (Å²) < 4.78 is 65.1. The van der Waals surface area contributed by atoms with Crippen LogP contribution in [0.3, 0.4) is 0 Å². The van der Waals surface area contributed by atoms with E-state index < -0.39 is 18.7 Å². The van der Waals surface area contributed by atoms with Crippen LogP contribution in [0.4, 0.5) is 22.0 Å². The molecule has 0 radical (unpaired) electrons. The molecule has 0 atom stereocenters. The lowest BCUT2D eigenvalue weighted by Gasteiger charge is -2.19. The molecule has 0 aliphatic heterocycles. The van der Waals surface area contributed by atoms with Gasteiger partial charge < -0.3 is 4.74 Å². The summed E-state index contributed by atoms with van der Waals surface area (Å²) in [5, 5.41) is 8.62. The van der Waals surface area contributed by atoms with Gasteiger partial charge >= 0.3 is 12.1 Å². The molecule has 7 heteroatoms. The Kier molecular flexibility index (Phi) is 4.48. The highest BCUT2D eigenvalue weighted by molar-refractivity contribution is 5.37. The van der Waals surface area contributed by atoms with Gasteiger partial charge in [0.05, 0.1) is 18.2 Å². The van der Waals surface area contributed by atoms with Gasteiger partial charge in [-0.2, -0.15) is 27.2 Å². The number of rotatable bonds is 4. The van der Waals surface area contributed by atoms with Crippen molar-refractivity contribution in [2.24, 2.45) is 0 Å². The molecule has 1 aromatic rings. The second-order valence-electron chi connectivity index (χ2n) is 3.95. The quantitative estimate of drug-likeness (QED) is 0.789. The van der Waals surface area contributed by atoms with Crippen molar-refractivity contribution in [1.29, 1.82) is 5.26 Å². The normalized spacial score (nSPS) is 12.3. The topological polar surface area (TPSA) is 33.0 Å². The Labute approximate surface area is 106 Å². The van der Waals surface area contributed by atoms with Crippen LogP contribution in [0.15, 0.2) is 18.2 Å². The van der Waals surface area contributed by atoms with E-state index in [2.05, 4.69) is 4.74 Å². The molecule has 0 saturated heterocycles. The summed E-state index contributed by atoms with van der Waals surface area (Å²) in [6.07, 6.45) is -5.62. The maximum absolute atomic E-state index is 12.6. The molecule has 0 N–H and O–H groups in total. The fourth-order valence-corrected chi connectivity index (χ4v) is 1.30. The first-order valence-electron chi connectivity index (χ1n) is 5.19. The molecule has 1 aromatic carbocycles. The van der Waals surface area contributed by atoms with E-state index in [1.165, 1.54) is 18.2 Å². The van der Waals surface area contributed by atoms with Crippen molar-refractivity contribution in [2.75, 3.05) is 6.61 Å². The second kappa shape index (κ2) is 5.53. The first kappa shape index (κ1) is 15.4. The summed E-state index contributed by atoms with van der Waals surface area (Å²) in [5.41, 5.74) is 1.42. The number of halogens is 5. The molecule has 104 valence electrons. The zero-order chi connectivity index (χ0) is 14.7. The minimum Gasteiger partial charge on any atom is -0.370 e. The minimum absolute atomic E-state index is 0.372. The third-order valence-corrected chi connectivity index (χ3v) is 2.43. The summed E-state index contributed by atoms with van der Waals surface area (Å²) in [5.74, 6) is -4.87. The van der Waals surface area contributed by atoms with Gasteiger partial charge in [0.2, 0.25) is 0 Å². The van der Waals surface area contributed by atoms with Gasteiger partial charge in [-0.1, -0.05) is 6.07 Å². The number of hydrogen-bond donors (Lipinski definition) is 0. The molecule has 2 nitrogen and oxygen atoms in total. The lowest BCUT2D eigenvalue weighted by Crippen LogP contribution is -2.40. The average Bonchev–Trinajstić information content (AvgIpc) is 2.29. The molecule has 0 amide bonds. The van der Waals surface area contributed by atoms with E-state index in [1.807, 2.05) is 6.07 Å². The smallest absolute Gasteiger partial charge is 0.370 e. The molecule has 0 aliphatic carbocycles. The van der Waals surface area contributed by atoms with Gasteiger partial charge in [0, 0.05) is 0 Å². The maximum atomic E-state index is 12.6. The molecule has 0 spiro atoms. The van der Waals surface area contributed by atoms with E-state index in [9.17, 15) is 22.0 Å².